The Balaban J connectivity index is 0.000000383. The summed E-state index contributed by atoms with van der Waals surface area (Å²) in [5.41, 5.74) is 2.21. The molecule has 0 aromatic heterocycles. The number of aliphatic hydroxyl groups is 1. The van der Waals surface area contributed by atoms with Crippen LogP contribution in [0, 0.1) is 0 Å². The molecule has 118 valence electrons. The van der Waals surface area contributed by atoms with Gasteiger partial charge in [0.15, 0.2) is 0 Å². The molecule has 0 unspecified atom stereocenters. The Morgan fingerprint density at radius 3 is 2.48 bits per heavy atom. The molecule has 0 radical (unpaired) electrons. The zero-order valence-corrected chi connectivity index (χ0v) is 13.4. The van der Waals surface area contributed by atoms with Gasteiger partial charge in [0.2, 0.25) is 0 Å². The maximum Gasteiger partial charge on any atom is 0.337 e. The largest absolute Gasteiger partial charge is 0.465 e. The number of carbonyl (C=O) groups is 1. The molecule has 21 heavy (non-hydrogen) atoms. The lowest BCUT2D eigenvalue weighted by Gasteiger charge is -2.28. The van der Waals surface area contributed by atoms with Crippen molar-refractivity contribution in [3.63, 3.8) is 0 Å². The van der Waals surface area contributed by atoms with Crippen LogP contribution in [0.25, 0.3) is 0 Å². The van der Waals surface area contributed by atoms with Gasteiger partial charge >= 0.3 is 5.97 Å². The smallest absolute Gasteiger partial charge is 0.337 e. The molecule has 2 rings (SSSR count). The molecule has 0 fully saturated rings. The maximum atomic E-state index is 11.4. The van der Waals surface area contributed by atoms with E-state index in [2.05, 4.69) is 11.7 Å². The second-order valence-electron chi connectivity index (χ2n) is 6.32. The van der Waals surface area contributed by atoms with Crippen LogP contribution in [0.15, 0.2) is 18.2 Å². The summed E-state index contributed by atoms with van der Waals surface area (Å²) in [5, 5.41) is 19.3. The number of rotatable bonds is 1. The Morgan fingerprint density at radius 2 is 1.95 bits per heavy atom. The van der Waals surface area contributed by atoms with Crippen LogP contribution < -0.4 is 0 Å². The van der Waals surface area contributed by atoms with Crippen molar-refractivity contribution in [2.75, 3.05) is 13.7 Å². The van der Waals surface area contributed by atoms with Crippen LogP contribution in [-0.2, 0) is 11.3 Å². The lowest BCUT2D eigenvalue weighted by atomic mass is 9.91. The molecule has 0 bridgehead atoms. The molecule has 0 saturated carbocycles. The number of methoxy groups -OCH3 is 1. The molecule has 1 aliphatic heterocycles. The third-order valence-corrected chi connectivity index (χ3v) is 2.93. The summed E-state index contributed by atoms with van der Waals surface area (Å²) in [5.74, 6) is -0.0639. The lowest BCUT2D eigenvalue weighted by Crippen LogP contribution is -2.29. The summed E-state index contributed by atoms with van der Waals surface area (Å²) in [6.45, 7) is 8.38. The minimum atomic E-state index is -0.500. The average molecular weight is 295 g/mol. The molecule has 1 aromatic carbocycles. The molecule has 2 N–H and O–H groups in total. The quantitative estimate of drug-likeness (QED) is 0.779. The van der Waals surface area contributed by atoms with Gasteiger partial charge < -0.3 is 15.1 Å². The van der Waals surface area contributed by atoms with E-state index in [0.717, 1.165) is 5.56 Å². The van der Waals surface area contributed by atoms with Gasteiger partial charge in [-0.1, -0.05) is 13.0 Å². The number of hydrogen-bond donors (Lipinski definition) is 2. The van der Waals surface area contributed by atoms with E-state index in [1.807, 2.05) is 6.07 Å². The van der Waals surface area contributed by atoms with Crippen molar-refractivity contribution in [3.05, 3.63) is 34.9 Å². The molecule has 1 aliphatic rings. The zero-order valence-electron chi connectivity index (χ0n) is 13.4. The van der Waals surface area contributed by atoms with Crippen LogP contribution in [0.1, 0.15) is 55.1 Å². The second kappa shape index (κ2) is 7.02. The highest BCUT2D eigenvalue weighted by Gasteiger charge is 2.22. The minimum Gasteiger partial charge on any atom is -0.465 e. The van der Waals surface area contributed by atoms with Crippen molar-refractivity contribution in [3.8, 4) is 0 Å². The number of benzene rings is 1. The van der Waals surface area contributed by atoms with Crippen molar-refractivity contribution in [2.45, 2.75) is 45.8 Å². The van der Waals surface area contributed by atoms with E-state index in [1.54, 1.807) is 32.9 Å². The van der Waals surface area contributed by atoms with Crippen molar-refractivity contribution in [1.82, 2.24) is 5.06 Å². The Kier molecular flexibility index (Phi) is 5.89. The summed E-state index contributed by atoms with van der Waals surface area (Å²) in [4.78, 5) is 11.4. The van der Waals surface area contributed by atoms with Gasteiger partial charge in [0.1, 0.15) is 0 Å². The Labute approximate surface area is 126 Å². The second-order valence-corrected chi connectivity index (χ2v) is 6.32. The summed E-state index contributed by atoms with van der Waals surface area (Å²) >= 11 is 0. The first-order chi connectivity index (χ1) is 9.61. The van der Waals surface area contributed by atoms with E-state index in [0.29, 0.717) is 18.7 Å². The molecule has 5 nitrogen and oxygen atoms in total. The van der Waals surface area contributed by atoms with Gasteiger partial charge in [0.05, 0.1) is 18.3 Å². The Hall–Kier alpha value is -1.43. The van der Waals surface area contributed by atoms with E-state index in [-0.39, 0.29) is 11.9 Å². The molecule has 5 heteroatoms. The van der Waals surface area contributed by atoms with Gasteiger partial charge in [-0.25, -0.2) is 4.79 Å². The van der Waals surface area contributed by atoms with Gasteiger partial charge in [-0.3, -0.25) is 0 Å². The Bertz CT molecular complexity index is 488. The number of ether oxygens (including phenoxy) is 1. The molecular formula is C16H25NO4. The molecule has 0 aliphatic carbocycles. The van der Waals surface area contributed by atoms with E-state index in [9.17, 15) is 10.0 Å². The van der Waals surface area contributed by atoms with Crippen LogP contribution in [0.3, 0.4) is 0 Å². The molecular weight excluding hydrogens is 270 g/mol. The summed E-state index contributed by atoms with van der Waals surface area (Å²) in [6.07, 6.45) is 0. The number of hydroxylamine groups is 2. The summed E-state index contributed by atoms with van der Waals surface area (Å²) < 4.78 is 4.67. The van der Waals surface area contributed by atoms with Gasteiger partial charge in [0, 0.05) is 13.1 Å². The van der Waals surface area contributed by atoms with E-state index < -0.39 is 5.60 Å². The summed E-state index contributed by atoms with van der Waals surface area (Å²) in [6, 6.07) is 5.51. The van der Waals surface area contributed by atoms with E-state index in [4.69, 9.17) is 5.11 Å². The fraction of sp³-hybridized carbons (Fsp3) is 0.562. The van der Waals surface area contributed by atoms with Crippen LogP contribution in [-0.4, -0.2) is 40.6 Å². The number of hydrogen-bond acceptors (Lipinski definition) is 5. The highest BCUT2D eigenvalue weighted by Crippen LogP contribution is 2.27. The molecule has 0 spiro atoms. The van der Waals surface area contributed by atoms with Gasteiger partial charge in [-0.05, 0) is 49.9 Å². The number of esters is 1. The molecule has 1 atom stereocenters. The SMILES string of the molecule is CC(C)(C)O.COC(=O)c1ccc2c(c1)CN(O)C[C@@H]2C. The Morgan fingerprint density at radius 1 is 1.38 bits per heavy atom. The van der Waals surface area contributed by atoms with Crippen LogP contribution >= 0.6 is 0 Å². The standard InChI is InChI=1S/C12H15NO3.C4H10O/c1-8-6-13(15)7-10-5-9(12(14)16-2)3-4-11(8)10;1-4(2,3)5/h3-5,8,15H,6-7H2,1-2H3;5H,1-3H3/t8-;/m0./s1. The average Bonchev–Trinajstić information content (AvgIpc) is 2.34. The molecule has 0 amide bonds. The van der Waals surface area contributed by atoms with Crippen LogP contribution in [0.5, 0.6) is 0 Å². The number of fused-ring (bicyclic) bond motifs is 1. The lowest BCUT2D eigenvalue weighted by molar-refractivity contribution is -0.108. The predicted molar refractivity (Wildman–Crippen MR) is 80.4 cm³/mol. The predicted octanol–water partition coefficient (Wildman–Crippen LogP) is 2.56. The molecule has 0 saturated heterocycles. The normalized spacial score (nSPS) is 18.3. The minimum absolute atomic E-state index is 0.278. The first-order valence-electron chi connectivity index (χ1n) is 6.99. The maximum absolute atomic E-state index is 11.4. The third-order valence-electron chi connectivity index (χ3n) is 2.93. The van der Waals surface area contributed by atoms with Gasteiger partial charge in [-0.2, -0.15) is 5.06 Å². The van der Waals surface area contributed by atoms with Gasteiger partial charge in [-0.15, -0.1) is 0 Å². The van der Waals surface area contributed by atoms with Crippen molar-refractivity contribution in [2.24, 2.45) is 0 Å². The monoisotopic (exact) mass is 295 g/mol. The van der Waals surface area contributed by atoms with Crippen molar-refractivity contribution < 1.29 is 19.8 Å². The topological polar surface area (TPSA) is 70.0 Å². The van der Waals surface area contributed by atoms with E-state index >= 15 is 0 Å². The highest BCUT2D eigenvalue weighted by atomic mass is 16.5. The molecule has 1 aromatic rings. The van der Waals surface area contributed by atoms with Crippen LogP contribution in [0.2, 0.25) is 0 Å². The fourth-order valence-corrected chi connectivity index (χ4v) is 2.14. The van der Waals surface area contributed by atoms with Crippen LogP contribution in [0.4, 0.5) is 0 Å². The van der Waals surface area contributed by atoms with Crippen molar-refractivity contribution >= 4 is 5.97 Å². The fourth-order valence-electron chi connectivity index (χ4n) is 2.14. The van der Waals surface area contributed by atoms with E-state index in [1.165, 1.54) is 17.7 Å². The third kappa shape index (κ3) is 5.83. The first kappa shape index (κ1) is 17.6. The zero-order chi connectivity index (χ0) is 16.2. The van der Waals surface area contributed by atoms with Crippen molar-refractivity contribution in [1.29, 1.82) is 0 Å². The molecule has 1 heterocycles. The van der Waals surface area contributed by atoms with Gasteiger partial charge in [0.25, 0.3) is 0 Å². The number of nitrogens with zero attached hydrogens (tertiary/aromatic N) is 1. The number of carbonyl (C=O) groups excluding carboxylic acids is 1. The summed E-state index contributed by atoms with van der Waals surface area (Å²) in [7, 11) is 1.36. The first-order valence-corrected chi connectivity index (χ1v) is 6.99. The highest BCUT2D eigenvalue weighted by molar-refractivity contribution is 5.89.